The molecule has 2 heterocycles. The maximum atomic E-state index is 12.5. The predicted molar refractivity (Wildman–Crippen MR) is 83.4 cm³/mol. The molecule has 23 heavy (non-hydrogen) atoms. The molecule has 1 atom stereocenters. The molecule has 2 aliphatic heterocycles. The molecule has 0 aromatic carbocycles. The van der Waals surface area contributed by atoms with Crippen LogP contribution in [0.3, 0.4) is 0 Å². The zero-order valence-electron chi connectivity index (χ0n) is 12.5. The van der Waals surface area contributed by atoms with Gasteiger partial charge in [0, 0.05) is 36.9 Å². The Labute approximate surface area is 138 Å². The first-order valence-corrected chi connectivity index (χ1v) is 7.77. The molecule has 3 rings (SSSR count). The van der Waals surface area contributed by atoms with Crippen molar-refractivity contribution in [3.8, 4) is 0 Å². The highest BCUT2D eigenvalue weighted by Crippen LogP contribution is 2.35. The number of halogens is 1. The molecule has 1 aliphatic carbocycles. The lowest BCUT2D eigenvalue weighted by molar-refractivity contribution is -0.137. The smallest absolute Gasteiger partial charge is 0.277 e. The van der Waals surface area contributed by atoms with E-state index in [-0.39, 0.29) is 24.1 Å². The van der Waals surface area contributed by atoms with Gasteiger partial charge in [-0.2, -0.15) is 0 Å². The molecule has 3 aliphatic rings. The van der Waals surface area contributed by atoms with E-state index in [4.69, 9.17) is 22.7 Å². The van der Waals surface area contributed by atoms with Crippen LogP contribution in [0.15, 0.2) is 28.0 Å². The average molecular weight is 340 g/mol. The normalized spacial score (nSPS) is 27.1. The number of rotatable bonds is 2. The van der Waals surface area contributed by atoms with Crippen molar-refractivity contribution in [2.75, 3.05) is 32.7 Å². The lowest BCUT2D eigenvalue weighted by atomic mass is 9.95. The molecule has 2 amide bonds. The summed E-state index contributed by atoms with van der Waals surface area (Å²) in [6.45, 7) is 2.17. The highest BCUT2D eigenvalue weighted by Gasteiger charge is 2.43. The molecule has 2 fully saturated rings. The standard InChI is InChI=1S/C14H18ClN5O3/c15-9-1-2-10-11(7-9)20(14(22)13(10)17-23)8-12(21)18-3-5-19(16)6-4-18/h1,7,10,23H,2-6,8,16H2. The third-order valence-corrected chi connectivity index (χ3v) is 4.63. The Morgan fingerprint density at radius 3 is 2.74 bits per heavy atom. The van der Waals surface area contributed by atoms with Crippen molar-refractivity contribution in [2.24, 2.45) is 16.9 Å². The Hall–Kier alpha value is -1.90. The van der Waals surface area contributed by atoms with Crippen molar-refractivity contribution in [1.82, 2.24) is 14.8 Å². The van der Waals surface area contributed by atoms with Gasteiger partial charge in [-0.25, -0.2) is 5.01 Å². The van der Waals surface area contributed by atoms with Gasteiger partial charge < -0.3 is 15.0 Å². The van der Waals surface area contributed by atoms with Crippen molar-refractivity contribution in [1.29, 1.82) is 0 Å². The van der Waals surface area contributed by atoms with E-state index in [1.165, 1.54) is 4.90 Å². The third kappa shape index (κ3) is 2.97. The fourth-order valence-electron chi connectivity index (χ4n) is 3.06. The van der Waals surface area contributed by atoms with Crippen LogP contribution in [-0.2, 0) is 9.59 Å². The Kier molecular flexibility index (Phi) is 4.38. The summed E-state index contributed by atoms with van der Waals surface area (Å²) in [7, 11) is 0. The van der Waals surface area contributed by atoms with Gasteiger partial charge in [-0.15, -0.1) is 0 Å². The first-order valence-electron chi connectivity index (χ1n) is 7.39. The number of allylic oxidation sites excluding steroid dienone is 4. The van der Waals surface area contributed by atoms with Crippen LogP contribution in [0.4, 0.5) is 0 Å². The number of hydrogen-bond donors (Lipinski definition) is 2. The number of fused-ring (bicyclic) bond motifs is 1. The molecule has 0 saturated carbocycles. The Balaban J connectivity index is 1.77. The number of hydrogen-bond acceptors (Lipinski definition) is 6. The van der Waals surface area contributed by atoms with Crippen molar-refractivity contribution in [3.63, 3.8) is 0 Å². The van der Waals surface area contributed by atoms with Crippen molar-refractivity contribution >= 4 is 29.1 Å². The van der Waals surface area contributed by atoms with Gasteiger partial charge in [-0.1, -0.05) is 22.8 Å². The van der Waals surface area contributed by atoms with Crippen LogP contribution in [0.25, 0.3) is 0 Å². The summed E-state index contributed by atoms with van der Waals surface area (Å²) in [6.07, 6.45) is 3.89. The van der Waals surface area contributed by atoms with Crippen molar-refractivity contribution in [2.45, 2.75) is 6.42 Å². The van der Waals surface area contributed by atoms with E-state index in [9.17, 15) is 9.59 Å². The maximum absolute atomic E-state index is 12.5. The van der Waals surface area contributed by atoms with Gasteiger partial charge in [0.05, 0.1) is 5.92 Å². The molecular formula is C14H18ClN5O3. The number of oxime groups is 1. The van der Waals surface area contributed by atoms with Gasteiger partial charge in [0.15, 0.2) is 5.71 Å². The molecule has 1 unspecified atom stereocenters. The lowest BCUT2D eigenvalue weighted by Crippen LogP contribution is -2.53. The summed E-state index contributed by atoms with van der Waals surface area (Å²) >= 11 is 6.02. The SMILES string of the molecule is NN1CCN(C(=O)CN2C(=O)C(=NO)C3CC=C(Cl)C=C32)CC1. The summed E-state index contributed by atoms with van der Waals surface area (Å²) in [5.74, 6) is 4.73. The second-order valence-corrected chi connectivity index (χ2v) is 6.18. The van der Waals surface area contributed by atoms with Crippen LogP contribution in [0.5, 0.6) is 0 Å². The molecule has 0 radical (unpaired) electrons. The first kappa shape index (κ1) is 16.0. The van der Waals surface area contributed by atoms with E-state index in [2.05, 4.69) is 5.16 Å². The number of piperazine rings is 1. The third-order valence-electron chi connectivity index (χ3n) is 4.37. The molecule has 2 saturated heterocycles. The van der Waals surface area contributed by atoms with E-state index < -0.39 is 5.91 Å². The zero-order chi connectivity index (χ0) is 16.6. The van der Waals surface area contributed by atoms with Crippen LogP contribution in [-0.4, -0.2) is 70.3 Å². The second-order valence-electron chi connectivity index (χ2n) is 5.74. The molecule has 0 aromatic heterocycles. The molecular weight excluding hydrogens is 322 g/mol. The van der Waals surface area contributed by atoms with Gasteiger partial charge in [0.25, 0.3) is 5.91 Å². The number of amides is 2. The van der Waals surface area contributed by atoms with Gasteiger partial charge in [-0.3, -0.25) is 15.4 Å². The molecule has 8 nitrogen and oxygen atoms in total. The van der Waals surface area contributed by atoms with Crippen molar-refractivity contribution < 1.29 is 14.8 Å². The molecule has 3 N–H and O–H groups in total. The second kappa shape index (κ2) is 6.31. The summed E-state index contributed by atoms with van der Waals surface area (Å²) in [5.41, 5.74) is 0.664. The quantitative estimate of drug-likeness (QED) is 0.408. The minimum Gasteiger partial charge on any atom is -0.410 e. The number of likely N-dealkylation sites (tertiary alicyclic amines) is 1. The van der Waals surface area contributed by atoms with Crippen LogP contribution >= 0.6 is 11.6 Å². The average Bonchev–Trinajstić information content (AvgIpc) is 2.79. The predicted octanol–water partition coefficient (Wildman–Crippen LogP) is -0.297. The zero-order valence-corrected chi connectivity index (χ0v) is 13.2. The van der Waals surface area contributed by atoms with Crippen LogP contribution in [0.1, 0.15) is 6.42 Å². The van der Waals surface area contributed by atoms with Crippen LogP contribution < -0.4 is 5.84 Å². The van der Waals surface area contributed by atoms with E-state index >= 15 is 0 Å². The van der Waals surface area contributed by atoms with Gasteiger partial charge in [0.2, 0.25) is 5.91 Å². The molecule has 0 spiro atoms. The Morgan fingerprint density at radius 2 is 2.09 bits per heavy atom. The first-order chi connectivity index (χ1) is 11.0. The summed E-state index contributed by atoms with van der Waals surface area (Å²) < 4.78 is 0. The van der Waals surface area contributed by atoms with Crippen molar-refractivity contribution in [3.05, 3.63) is 22.9 Å². The molecule has 124 valence electrons. The maximum Gasteiger partial charge on any atom is 0.277 e. The topological polar surface area (TPSA) is 102 Å². The van der Waals surface area contributed by atoms with E-state index in [0.717, 1.165) is 0 Å². The van der Waals surface area contributed by atoms with Gasteiger partial charge in [-0.05, 0) is 12.5 Å². The summed E-state index contributed by atoms with van der Waals surface area (Å²) in [4.78, 5) is 27.9. The van der Waals surface area contributed by atoms with E-state index in [1.54, 1.807) is 22.1 Å². The van der Waals surface area contributed by atoms with Crippen LogP contribution in [0.2, 0.25) is 0 Å². The largest absolute Gasteiger partial charge is 0.410 e. The number of nitrogens with zero attached hydrogens (tertiary/aromatic N) is 4. The fraction of sp³-hybridized carbons (Fsp3) is 0.500. The minimum atomic E-state index is -0.450. The number of nitrogens with two attached hydrogens (primary N) is 1. The van der Waals surface area contributed by atoms with E-state index in [0.29, 0.717) is 43.3 Å². The van der Waals surface area contributed by atoms with Gasteiger partial charge >= 0.3 is 0 Å². The highest BCUT2D eigenvalue weighted by molar-refractivity contribution is 6.43. The number of carbonyl (C=O) groups is 2. The number of carbonyl (C=O) groups excluding carboxylic acids is 2. The Morgan fingerprint density at radius 1 is 1.39 bits per heavy atom. The van der Waals surface area contributed by atoms with E-state index in [1.807, 2.05) is 0 Å². The fourth-order valence-corrected chi connectivity index (χ4v) is 3.26. The number of hydrazine groups is 1. The lowest BCUT2D eigenvalue weighted by Gasteiger charge is -2.33. The summed E-state index contributed by atoms with van der Waals surface area (Å²) in [5, 5.41) is 14.4. The van der Waals surface area contributed by atoms with Crippen LogP contribution in [0, 0.1) is 5.92 Å². The minimum absolute atomic E-state index is 0.0521. The monoisotopic (exact) mass is 339 g/mol. The molecule has 0 bridgehead atoms. The summed E-state index contributed by atoms with van der Waals surface area (Å²) in [6, 6.07) is 0. The highest BCUT2D eigenvalue weighted by atomic mass is 35.5. The van der Waals surface area contributed by atoms with Gasteiger partial charge in [0.1, 0.15) is 6.54 Å². The molecule has 9 heteroatoms. The molecule has 0 aromatic rings. The Bertz CT molecular complexity index is 622.